The van der Waals surface area contributed by atoms with Gasteiger partial charge in [0.15, 0.2) is 0 Å². The van der Waals surface area contributed by atoms with Gasteiger partial charge in [0.2, 0.25) is 5.91 Å². The number of carbonyl (C=O) groups excluding carboxylic acids is 1. The summed E-state index contributed by atoms with van der Waals surface area (Å²) in [6.45, 7) is 5.68. The number of pyridine rings is 2. The quantitative estimate of drug-likeness (QED) is 0.435. The zero-order chi connectivity index (χ0) is 23.5. The minimum Gasteiger partial charge on any atom is -0.349 e. The van der Waals surface area contributed by atoms with E-state index in [4.69, 9.17) is 0 Å². The molecule has 6 heteroatoms. The van der Waals surface area contributed by atoms with Gasteiger partial charge in [-0.15, -0.1) is 0 Å². The normalized spacial score (nSPS) is 17.6. The van der Waals surface area contributed by atoms with E-state index in [2.05, 4.69) is 75.5 Å². The smallest absolute Gasteiger partial charge is 0.237 e. The molecular weight excluding hydrogens is 422 g/mol. The van der Waals surface area contributed by atoms with Crippen LogP contribution in [0.4, 0.5) is 0 Å². The molecule has 174 valence electrons. The van der Waals surface area contributed by atoms with Crippen LogP contribution in [0.3, 0.4) is 0 Å². The Balaban J connectivity index is 1.48. The molecule has 0 saturated carbocycles. The Morgan fingerprint density at radius 1 is 1.12 bits per heavy atom. The van der Waals surface area contributed by atoms with E-state index in [1.807, 2.05) is 30.6 Å². The fourth-order valence-corrected chi connectivity index (χ4v) is 4.98. The second-order valence-corrected chi connectivity index (χ2v) is 9.52. The molecular formula is C28H31N5O. The Labute approximate surface area is 200 Å². The third-order valence-electron chi connectivity index (χ3n) is 6.51. The van der Waals surface area contributed by atoms with Gasteiger partial charge in [0.05, 0.1) is 18.3 Å². The third-order valence-corrected chi connectivity index (χ3v) is 6.51. The van der Waals surface area contributed by atoms with Crippen LogP contribution < -0.4 is 10.6 Å². The Morgan fingerprint density at radius 2 is 1.97 bits per heavy atom. The number of amides is 1. The number of carbonyl (C=O) groups is 1. The number of nitrogens with one attached hydrogen (secondary N) is 2. The number of nitrogens with zero attached hydrogens (tertiary/aromatic N) is 3. The molecule has 0 bridgehead atoms. The van der Waals surface area contributed by atoms with Gasteiger partial charge in [-0.3, -0.25) is 20.1 Å². The summed E-state index contributed by atoms with van der Waals surface area (Å²) in [6, 6.07) is 16.2. The van der Waals surface area contributed by atoms with Gasteiger partial charge in [-0.05, 0) is 65.8 Å². The molecule has 1 aliphatic rings. The second-order valence-electron chi connectivity index (χ2n) is 9.52. The van der Waals surface area contributed by atoms with Crippen LogP contribution in [-0.2, 0) is 24.3 Å². The first kappa shape index (κ1) is 22.3. The number of aromatic nitrogens is 3. The molecule has 0 radical (unpaired) electrons. The molecule has 1 amide bonds. The lowest BCUT2D eigenvalue weighted by Gasteiger charge is -2.25. The maximum Gasteiger partial charge on any atom is 0.237 e. The summed E-state index contributed by atoms with van der Waals surface area (Å²) < 4.78 is 2.31. The molecule has 0 unspecified atom stereocenters. The largest absolute Gasteiger partial charge is 0.349 e. The molecule has 0 spiro atoms. The van der Waals surface area contributed by atoms with Crippen LogP contribution in [0.25, 0.3) is 10.9 Å². The monoisotopic (exact) mass is 453 g/mol. The summed E-state index contributed by atoms with van der Waals surface area (Å²) >= 11 is 0. The van der Waals surface area contributed by atoms with E-state index in [-0.39, 0.29) is 18.0 Å². The van der Waals surface area contributed by atoms with E-state index in [9.17, 15) is 4.79 Å². The lowest BCUT2D eigenvalue weighted by atomic mass is 9.94. The van der Waals surface area contributed by atoms with E-state index in [1.54, 1.807) is 6.20 Å². The van der Waals surface area contributed by atoms with Crippen molar-refractivity contribution in [1.29, 1.82) is 0 Å². The van der Waals surface area contributed by atoms with Crippen LogP contribution >= 0.6 is 0 Å². The van der Waals surface area contributed by atoms with Gasteiger partial charge < -0.3 is 9.88 Å². The Hall–Kier alpha value is -3.51. The molecule has 4 heterocycles. The molecule has 2 N–H and O–H groups in total. The summed E-state index contributed by atoms with van der Waals surface area (Å²) in [5.74, 6) is 0.521. The minimum atomic E-state index is -0.306. The van der Waals surface area contributed by atoms with Crippen LogP contribution in [0.2, 0.25) is 0 Å². The fraction of sp³-hybridized carbons (Fsp3) is 0.321. The molecule has 0 fully saturated rings. The van der Waals surface area contributed by atoms with Crippen LogP contribution in [-0.4, -0.2) is 26.5 Å². The Bertz CT molecular complexity index is 1270. The maximum absolute atomic E-state index is 13.3. The highest BCUT2D eigenvalue weighted by molar-refractivity contribution is 5.90. The molecule has 0 aliphatic carbocycles. The highest BCUT2D eigenvalue weighted by Crippen LogP contribution is 2.36. The Morgan fingerprint density at radius 3 is 2.74 bits per heavy atom. The predicted octanol–water partition coefficient (Wildman–Crippen LogP) is 4.40. The molecule has 1 aliphatic heterocycles. The van der Waals surface area contributed by atoms with Crippen LogP contribution in [0.5, 0.6) is 0 Å². The number of rotatable bonds is 7. The summed E-state index contributed by atoms with van der Waals surface area (Å²) in [5, 5.41) is 8.08. The summed E-state index contributed by atoms with van der Waals surface area (Å²) in [5.41, 5.74) is 5.79. The van der Waals surface area contributed by atoms with E-state index in [0.717, 1.165) is 18.7 Å². The standard InChI is InChI=1S/C28H31N5O/c1-19(2)14-24-23-7-5-8-26-27(23)21(18-33(26)17-20-9-12-29-13-10-20)15-25(32-24)28(34)31-16-22-6-3-4-11-30-22/h3-13,18-19,24-25,32H,14-17H2,1-2H3,(H,31,34)/t24-,25-/m0/s1. The minimum absolute atomic E-state index is 0.0160. The zero-order valence-electron chi connectivity index (χ0n) is 19.7. The van der Waals surface area contributed by atoms with Crippen molar-refractivity contribution >= 4 is 16.8 Å². The first-order valence-corrected chi connectivity index (χ1v) is 12.0. The molecule has 5 rings (SSSR count). The second kappa shape index (κ2) is 9.77. The van der Waals surface area contributed by atoms with Crippen LogP contribution in [0, 0.1) is 5.92 Å². The molecule has 2 atom stereocenters. The lowest BCUT2D eigenvalue weighted by Crippen LogP contribution is -2.46. The number of hydrogen-bond donors (Lipinski definition) is 2. The van der Waals surface area contributed by atoms with Gasteiger partial charge in [-0.1, -0.05) is 32.0 Å². The summed E-state index contributed by atoms with van der Waals surface area (Å²) in [7, 11) is 0. The molecule has 3 aromatic heterocycles. The van der Waals surface area contributed by atoms with Crippen molar-refractivity contribution in [2.45, 2.75) is 51.9 Å². The first-order chi connectivity index (χ1) is 16.6. The number of benzene rings is 1. The van der Waals surface area contributed by atoms with Gasteiger partial charge in [0.1, 0.15) is 0 Å². The van der Waals surface area contributed by atoms with Crippen molar-refractivity contribution in [2.75, 3.05) is 0 Å². The van der Waals surface area contributed by atoms with E-state index < -0.39 is 0 Å². The highest BCUT2D eigenvalue weighted by atomic mass is 16.2. The molecule has 1 aromatic carbocycles. The predicted molar refractivity (Wildman–Crippen MR) is 134 cm³/mol. The van der Waals surface area contributed by atoms with Gasteiger partial charge in [0.25, 0.3) is 0 Å². The van der Waals surface area contributed by atoms with E-state index in [1.165, 1.54) is 27.6 Å². The van der Waals surface area contributed by atoms with Crippen molar-refractivity contribution in [3.05, 3.63) is 95.7 Å². The molecule has 34 heavy (non-hydrogen) atoms. The third kappa shape index (κ3) is 4.73. The van der Waals surface area contributed by atoms with Crippen molar-refractivity contribution in [3.8, 4) is 0 Å². The van der Waals surface area contributed by atoms with Gasteiger partial charge in [0, 0.05) is 48.3 Å². The average Bonchev–Trinajstić information content (AvgIpc) is 3.11. The van der Waals surface area contributed by atoms with E-state index >= 15 is 0 Å². The van der Waals surface area contributed by atoms with Gasteiger partial charge >= 0.3 is 0 Å². The van der Waals surface area contributed by atoms with Gasteiger partial charge in [-0.25, -0.2) is 0 Å². The molecule has 4 aromatic rings. The van der Waals surface area contributed by atoms with Crippen molar-refractivity contribution in [2.24, 2.45) is 5.92 Å². The topological polar surface area (TPSA) is 71.8 Å². The molecule has 0 saturated heterocycles. The van der Waals surface area contributed by atoms with Crippen molar-refractivity contribution < 1.29 is 4.79 Å². The SMILES string of the molecule is CC(C)C[C@@H]1N[C@H](C(=O)NCc2ccccn2)Cc2cn(Cc3ccncc3)c3cccc1c23. The van der Waals surface area contributed by atoms with Gasteiger partial charge in [-0.2, -0.15) is 0 Å². The van der Waals surface area contributed by atoms with Crippen LogP contribution in [0.15, 0.2) is 73.3 Å². The highest BCUT2D eigenvalue weighted by Gasteiger charge is 2.30. The van der Waals surface area contributed by atoms with Crippen molar-refractivity contribution in [1.82, 2.24) is 25.2 Å². The maximum atomic E-state index is 13.3. The Kier molecular flexibility index (Phi) is 6.41. The number of hydrogen-bond acceptors (Lipinski definition) is 4. The lowest BCUT2D eigenvalue weighted by molar-refractivity contribution is -0.123. The average molecular weight is 454 g/mol. The van der Waals surface area contributed by atoms with E-state index in [0.29, 0.717) is 18.9 Å². The van der Waals surface area contributed by atoms with Crippen LogP contribution in [0.1, 0.15) is 48.7 Å². The summed E-state index contributed by atoms with van der Waals surface area (Å²) in [6.07, 6.45) is 9.27. The summed E-state index contributed by atoms with van der Waals surface area (Å²) in [4.78, 5) is 21.8. The first-order valence-electron chi connectivity index (χ1n) is 12.0. The molecule has 6 nitrogen and oxygen atoms in total. The fourth-order valence-electron chi connectivity index (χ4n) is 4.98. The zero-order valence-corrected chi connectivity index (χ0v) is 19.7. The van der Waals surface area contributed by atoms with Crippen molar-refractivity contribution in [3.63, 3.8) is 0 Å².